The van der Waals surface area contributed by atoms with Crippen LogP contribution in [-0.2, 0) is 0 Å². The Labute approximate surface area is 157 Å². The smallest absolute Gasteiger partial charge is 0.299 e. The number of pyridine rings is 1. The molecule has 136 valence electrons. The van der Waals surface area contributed by atoms with Crippen molar-refractivity contribution in [2.24, 2.45) is 0 Å². The van der Waals surface area contributed by atoms with Gasteiger partial charge in [0, 0.05) is 24.3 Å². The zero-order valence-corrected chi connectivity index (χ0v) is 15.7. The highest BCUT2D eigenvalue weighted by Crippen LogP contribution is 2.17. The fraction of sp³-hybridized carbons (Fsp3) is 0.316. The molecule has 7 heteroatoms. The Balaban J connectivity index is 2.01. The Morgan fingerprint density at radius 3 is 2.58 bits per heavy atom. The van der Waals surface area contributed by atoms with E-state index >= 15 is 0 Å². The molecule has 3 aromatic rings. The third-order valence-electron chi connectivity index (χ3n) is 4.32. The average Bonchev–Trinajstić information content (AvgIpc) is 2.67. The minimum absolute atomic E-state index is 0.224. The molecular weight excluding hydrogens is 350 g/mol. The first-order valence-electron chi connectivity index (χ1n) is 8.74. The van der Waals surface area contributed by atoms with Gasteiger partial charge in [-0.05, 0) is 49.5 Å². The third kappa shape index (κ3) is 3.86. The van der Waals surface area contributed by atoms with Crippen LogP contribution in [0.5, 0.6) is 0 Å². The number of likely N-dealkylation sites (N-methyl/N-ethyl adjacent to an activating group) is 1. The summed E-state index contributed by atoms with van der Waals surface area (Å²) >= 11 is 5.98. The molecule has 2 heterocycles. The molecule has 0 fully saturated rings. The monoisotopic (exact) mass is 371 g/mol. The van der Waals surface area contributed by atoms with Gasteiger partial charge < -0.3 is 10.2 Å². The van der Waals surface area contributed by atoms with Crippen LogP contribution in [0.2, 0.25) is 5.02 Å². The Bertz CT molecular complexity index is 935. The van der Waals surface area contributed by atoms with Crippen LogP contribution in [0.15, 0.2) is 47.4 Å². The van der Waals surface area contributed by atoms with E-state index in [2.05, 4.69) is 34.0 Å². The van der Waals surface area contributed by atoms with Gasteiger partial charge in [0.05, 0.1) is 5.69 Å². The zero-order valence-electron chi connectivity index (χ0n) is 14.9. The van der Waals surface area contributed by atoms with E-state index in [4.69, 9.17) is 11.6 Å². The Morgan fingerprint density at radius 2 is 1.88 bits per heavy atom. The molecule has 0 aliphatic heterocycles. The summed E-state index contributed by atoms with van der Waals surface area (Å²) < 4.78 is 1.57. The van der Waals surface area contributed by atoms with Crippen LogP contribution in [0.1, 0.15) is 13.8 Å². The highest BCUT2D eigenvalue weighted by molar-refractivity contribution is 6.30. The molecule has 3 rings (SSSR count). The first kappa shape index (κ1) is 18.4. The second-order valence-electron chi connectivity index (χ2n) is 5.88. The highest BCUT2D eigenvalue weighted by Gasteiger charge is 2.13. The van der Waals surface area contributed by atoms with Gasteiger partial charge in [0.25, 0.3) is 5.56 Å². The number of hydrogen-bond acceptors (Lipinski definition) is 5. The number of fused-ring (bicyclic) bond motifs is 1. The number of nitrogens with zero attached hydrogens (tertiary/aromatic N) is 4. The van der Waals surface area contributed by atoms with E-state index in [1.807, 2.05) is 12.1 Å². The van der Waals surface area contributed by atoms with Crippen LogP contribution in [0.3, 0.4) is 0 Å². The molecule has 0 aliphatic carbocycles. The van der Waals surface area contributed by atoms with Gasteiger partial charge >= 0.3 is 0 Å². The van der Waals surface area contributed by atoms with Gasteiger partial charge in [0.15, 0.2) is 11.5 Å². The number of anilines is 1. The van der Waals surface area contributed by atoms with E-state index in [1.54, 1.807) is 35.0 Å². The molecule has 0 saturated carbocycles. The van der Waals surface area contributed by atoms with Gasteiger partial charge in [-0.1, -0.05) is 25.4 Å². The fourth-order valence-electron chi connectivity index (χ4n) is 2.84. The van der Waals surface area contributed by atoms with Crippen LogP contribution in [0.4, 0.5) is 5.82 Å². The summed E-state index contributed by atoms with van der Waals surface area (Å²) in [5.41, 5.74) is 1.66. The van der Waals surface area contributed by atoms with Crippen molar-refractivity contribution in [1.29, 1.82) is 0 Å². The molecule has 1 N–H and O–H groups in total. The molecular formula is C19H22ClN5O. The summed E-state index contributed by atoms with van der Waals surface area (Å²) in [4.78, 5) is 24.1. The predicted octanol–water partition coefficient (Wildman–Crippen LogP) is 3.19. The van der Waals surface area contributed by atoms with E-state index < -0.39 is 0 Å². The number of halogens is 1. The number of nitrogens with one attached hydrogen (secondary N) is 1. The summed E-state index contributed by atoms with van der Waals surface area (Å²) in [6, 6.07) is 10.8. The summed E-state index contributed by atoms with van der Waals surface area (Å²) in [7, 11) is 0. The fourth-order valence-corrected chi connectivity index (χ4v) is 2.96. The van der Waals surface area contributed by atoms with Gasteiger partial charge in [0.1, 0.15) is 5.52 Å². The third-order valence-corrected chi connectivity index (χ3v) is 4.57. The maximum absolute atomic E-state index is 13.0. The van der Waals surface area contributed by atoms with E-state index in [9.17, 15) is 4.79 Å². The van der Waals surface area contributed by atoms with Crippen LogP contribution in [0.25, 0.3) is 16.9 Å². The van der Waals surface area contributed by atoms with Crippen molar-refractivity contribution in [1.82, 2.24) is 19.4 Å². The first-order chi connectivity index (χ1) is 12.6. The summed E-state index contributed by atoms with van der Waals surface area (Å²) in [6.07, 6.45) is 1.66. The standard InChI is InChI=1S/C19H22ClN5O/c1-3-24(4-2)13-12-21-17-19(26)25(15-9-7-14(20)8-10-15)18-16(23-17)6-5-11-22-18/h5-11H,3-4,12-13H2,1-2H3,(H,21,23). The highest BCUT2D eigenvalue weighted by atomic mass is 35.5. The molecule has 0 spiro atoms. The van der Waals surface area contributed by atoms with Crippen LogP contribution >= 0.6 is 11.6 Å². The molecule has 0 atom stereocenters. The van der Waals surface area contributed by atoms with E-state index in [1.165, 1.54) is 0 Å². The summed E-state index contributed by atoms with van der Waals surface area (Å²) in [5.74, 6) is 0.326. The number of aromatic nitrogens is 3. The van der Waals surface area contributed by atoms with Crippen molar-refractivity contribution in [3.63, 3.8) is 0 Å². The van der Waals surface area contributed by atoms with Crippen molar-refractivity contribution in [3.05, 3.63) is 58.0 Å². The number of rotatable bonds is 7. The lowest BCUT2D eigenvalue weighted by Gasteiger charge is -2.18. The molecule has 0 radical (unpaired) electrons. The molecule has 0 saturated heterocycles. The Hall–Kier alpha value is -2.44. The van der Waals surface area contributed by atoms with Crippen LogP contribution < -0.4 is 10.9 Å². The maximum Gasteiger partial charge on any atom is 0.299 e. The molecule has 0 amide bonds. The van der Waals surface area contributed by atoms with Crippen molar-refractivity contribution in [2.45, 2.75) is 13.8 Å². The summed E-state index contributed by atoms with van der Waals surface area (Å²) in [5, 5.41) is 3.80. The molecule has 2 aromatic heterocycles. The van der Waals surface area contributed by atoms with Crippen LogP contribution in [0, 0.1) is 0 Å². The Kier molecular flexibility index (Phi) is 5.85. The molecule has 1 aromatic carbocycles. The maximum atomic E-state index is 13.0. The molecule has 0 aliphatic rings. The minimum Gasteiger partial charge on any atom is -0.364 e. The molecule has 0 unspecified atom stereocenters. The zero-order chi connectivity index (χ0) is 18.5. The van der Waals surface area contributed by atoms with Gasteiger partial charge in [-0.25, -0.2) is 9.97 Å². The Morgan fingerprint density at radius 1 is 1.15 bits per heavy atom. The van der Waals surface area contributed by atoms with E-state index in [-0.39, 0.29) is 5.56 Å². The number of benzene rings is 1. The van der Waals surface area contributed by atoms with Gasteiger partial charge in [-0.2, -0.15) is 0 Å². The SMILES string of the molecule is CCN(CC)CCNc1nc2cccnc2n(-c2ccc(Cl)cc2)c1=O. The van der Waals surface area contributed by atoms with Gasteiger partial charge in [-0.3, -0.25) is 9.36 Å². The number of hydrogen-bond donors (Lipinski definition) is 1. The van der Waals surface area contributed by atoms with Crippen molar-refractivity contribution in [3.8, 4) is 5.69 Å². The lowest BCUT2D eigenvalue weighted by Crippen LogP contribution is -2.31. The summed E-state index contributed by atoms with van der Waals surface area (Å²) in [6.45, 7) is 7.69. The van der Waals surface area contributed by atoms with Crippen molar-refractivity contribution < 1.29 is 0 Å². The quantitative estimate of drug-likeness (QED) is 0.691. The average molecular weight is 372 g/mol. The first-order valence-corrected chi connectivity index (χ1v) is 9.11. The molecule has 6 nitrogen and oxygen atoms in total. The van der Waals surface area contributed by atoms with E-state index in [0.29, 0.717) is 34.2 Å². The van der Waals surface area contributed by atoms with Gasteiger partial charge in [-0.15, -0.1) is 0 Å². The van der Waals surface area contributed by atoms with Crippen LogP contribution in [-0.4, -0.2) is 45.6 Å². The molecule has 26 heavy (non-hydrogen) atoms. The van der Waals surface area contributed by atoms with E-state index in [0.717, 1.165) is 19.6 Å². The van der Waals surface area contributed by atoms with Crippen molar-refractivity contribution >= 4 is 28.6 Å². The predicted molar refractivity (Wildman–Crippen MR) is 106 cm³/mol. The topological polar surface area (TPSA) is 63.0 Å². The van der Waals surface area contributed by atoms with Gasteiger partial charge in [0.2, 0.25) is 0 Å². The lowest BCUT2D eigenvalue weighted by molar-refractivity contribution is 0.316. The second kappa shape index (κ2) is 8.29. The lowest BCUT2D eigenvalue weighted by atomic mass is 10.3. The van der Waals surface area contributed by atoms with Crippen molar-refractivity contribution in [2.75, 3.05) is 31.5 Å². The second-order valence-corrected chi connectivity index (χ2v) is 6.31. The normalized spacial score (nSPS) is 11.2. The minimum atomic E-state index is -0.224. The largest absolute Gasteiger partial charge is 0.364 e. The molecule has 0 bridgehead atoms.